The van der Waals surface area contributed by atoms with Gasteiger partial charge in [-0.25, -0.2) is 0 Å². The number of rotatable bonds is 4. The summed E-state index contributed by atoms with van der Waals surface area (Å²) in [4.78, 5) is 11.0. The molecule has 18 heavy (non-hydrogen) atoms. The monoisotopic (exact) mass is 244 g/mol. The molecule has 0 spiro atoms. The highest BCUT2D eigenvalue weighted by Gasteiger charge is 2.09. The zero-order chi connectivity index (χ0) is 12.8. The lowest BCUT2D eigenvalue weighted by Gasteiger charge is -2.19. The Labute approximate surface area is 108 Å². The summed E-state index contributed by atoms with van der Waals surface area (Å²) in [6, 6.07) is 7.86. The van der Waals surface area contributed by atoms with Gasteiger partial charge in [-0.2, -0.15) is 0 Å². The van der Waals surface area contributed by atoms with E-state index in [-0.39, 0.29) is 5.91 Å². The summed E-state index contributed by atoms with van der Waals surface area (Å²) in [6.07, 6.45) is 8.14. The van der Waals surface area contributed by atoms with Gasteiger partial charge in [0.2, 0.25) is 5.91 Å². The van der Waals surface area contributed by atoms with Crippen molar-refractivity contribution in [3.05, 3.63) is 36.4 Å². The molecule has 1 amide bonds. The van der Waals surface area contributed by atoms with Gasteiger partial charge in [0.15, 0.2) is 0 Å². The van der Waals surface area contributed by atoms with Crippen LogP contribution in [0.15, 0.2) is 36.4 Å². The van der Waals surface area contributed by atoms with E-state index in [0.29, 0.717) is 0 Å². The third kappa shape index (κ3) is 3.91. The Morgan fingerprint density at radius 3 is 2.89 bits per heavy atom. The van der Waals surface area contributed by atoms with Gasteiger partial charge in [0.25, 0.3) is 0 Å². The van der Waals surface area contributed by atoms with E-state index in [2.05, 4.69) is 22.8 Å². The normalized spacial score (nSPS) is 18.4. The Kier molecular flexibility index (Phi) is 4.40. The molecule has 0 aromatic heterocycles. The van der Waals surface area contributed by atoms with E-state index in [1.165, 1.54) is 26.2 Å². The number of carbonyl (C=O) groups is 1. The van der Waals surface area contributed by atoms with Crippen molar-refractivity contribution in [2.24, 2.45) is 5.92 Å². The van der Waals surface area contributed by atoms with Gasteiger partial charge in [-0.05, 0) is 43.4 Å². The van der Waals surface area contributed by atoms with Crippen molar-refractivity contribution >= 4 is 17.3 Å². The Morgan fingerprint density at radius 2 is 2.17 bits per heavy atom. The second kappa shape index (κ2) is 6.24. The van der Waals surface area contributed by atoms with E-state index in [1.807, 2.05) is 24.3 Å². The van der Waals surface area contributed by atoms with E-state index in [1.54, 1.807) is 0 Å². The molecule has 1 atom stereocenters. The van der Waals surface area contributed by atoms with Crippen molar-refractivity contribution in [2.45, 2.75) is 26.2 Å². The van der Waals surface area contributed by atoms with Crippen molar-refractivity contribution in [2.75, 3.05) is 17.2 Å². The fraction of sp³-hybridized carbons (Fsp3) is 0.400. The van der Waals surface area contributed by atoms with Crippen LogP contribution in [-0.4, -0.2) is 12.5 Å². The molecule has 3 heteroatoms. The van der Waals surface area contributed by atoms with Crippen LogP contribution in [0.5, 0.6) is 0 Å². The van der Waals surface area contributed by atoms with Crippen LogP contribution >= 0.6 is 0 Å². The lowest BCUT2D eigenvalue weighted by atomic mass is 9.94. The van der Waals surface area contributed by atoms with E-state index in [0.717, 1.165) is 23.8 Å². The maximum absolute atomic E-state index is 11.0. The van der Waals surface area contributed by atoms with E-state index in [9.17, 15) is 4.79 Å². The van der Waals surface area contributed by atoms with Crippen LogP contribution in [0.1, 0.15) is 26.2 Å². The Balaban J connectivity index is 1.88. The SMILES string of the molecule is CC(=O)Nc1cccc(NCC2CC=CCC2)c1. The van der Waals surface area contributed by atoms with Gasteiger partial charge in [0.1, 0.15) is 0 Å². The minimum Gasteiger partial charge on any atom is -0.385 e. The molecule has 2 rings (SSSR count). The molecule has 1 aromatic carbocycles. The molecule has 3 nitrogen and oxygen atoms in total. The smallest absolute Gasteiger partial charge is 0.221 e. The molecule has 96 valence electrons. The largest absolute Gasteiger partial charge is 0.385 e. The van der Waals surface area contributed by atoms with Crippen molar-refractivity contribution in [1.82, 2.24) is 0 Å². The molecule has 1 aliphatic rings. The topological polar surface area (TPSA) is 41.1 Å². The fourth-order valence-electron chi connectivity index (χ4n) is 2.21. The number of carbonyl (C=O) groups excluding carboxylic acids is 1. The quantitative estimate of drug-likeness (QED) is 0.797. The van der Waals surface area contributed by atoms with Crippen molar-refractivity contribution in [3.8, 4) is 0 Å². The van der Waals surface area contributed by atoms with E-state index < -0.39 is 0 Å². The number of hydrogen-bond acceptors (Lipinski definition) is 2. The number of hydrogen-bond donors (Lipinski definition) is 2. The highest BCUT2D eigenvalue weighted by Crippen LogP contribution is 2.20. The van der Waals surface area contributed by atoms with Crippen molar-refractivity contribution in [3.63, 3.8) is 0 Å². The third-order valence-electron chi connectivity index (χ3n) is 3.16. The summed E-state index contributed by atoms with van der Waals surface area (Å²) in [5, 5.41) is 6.24. The minimum absolute atomic E-state index is 0.0374. The number of benzene rings is 1. The molecule has 0 saturated heterocycles. The molecule has 0 saturated carbocycles. The Morgan fingerprint density at radius 1 is 1.33 bits per heavy atom. The average Bonchev–Trinajstić information content (AvgIpc) is 2.37. The first-order valence-corrected chi connectivity index (χ1v) is 6.50. The molecule has 1 unspecified atom stereocenters. The number of nitrogens with one attached hydrogen (secondary N) is 2. The van der Waals surface area contributed by atoms with Gasteiger partial charge < -0.3 is 10.6 Å². The second-order valence-corrected chi connectivity index (χ2v) is 4.79. The molecule has 1 aliphatic carbocycles. The van der Waals surface area contributed by atoms with Crippen molar-refractivity contribution < 1.29 is 4.79 Å². The molecule has 0 aliphatic heterocycles. The van der Waals surface area contributed by atoms with Gasteiger partial charge in [0, 0.05) is 24.8 Å². The third-order valence-corrected chi connectivity index (χ3v) is 3.16. The van der Waals surface area contributed by atoms with Crippen LogP contribution in [0.3, 0.4) is 0 Å². The molecule has 0 radical (unpaired) electrons. The summed E-state index contributed by atoms with van der Waals surface area (Å²) in [6.45, 7) is 2.52. The fourth-order valence-corrected chi connectivity index (χ4v) is 2.21. The summed E-state index contributed by atoms with van der Waals surface area (Å²) in [7, 11) is 0. The summed E-state index contributed by atoms with van der Waals surface area (Å²) in [5.41, 5.74) is 1.91. The highest BCUT2D eigenvalue weighted by molar-refractivity contribution is 5.89. The molecule has 0 bridgehead atoms. The Hall–Kier alpha value is -1.77. The maximum Gasteiger partial charge on any atom is 0.221 e. The molecule has 0 fully saturated rings. The summed E-state index contributed by atoms with van der Waals surface area (Å²) < 4.78 is 0. The first-order chi connectivity index (χ1) is 8.74. The first kappa shape index (κ1) is 12.7. The second-order valence-electron chi connectivity index (χ2n) is 4.79. The van der Waals surface area contributed by atoms with Gasteiger partial charge in [-0.1, -0.05) is 18.2 Å². The zero-order valence-electron chi connectivity index (χ0n) is 10.8. The molecular formula is C15H20N2O. The number of amides is 1. The molecule has 2 N–H and O–H groups in total. The van der Waals surface area contributed by atoms with Crippen LogP contribution in [0, 0.1) is 5.92 Å². The first-order valence-electron chi connectivity index (χ1n) is 6.50. The predicted molar refractivity (Wildman–Crippen MR) is 75.7 cm³/mol. The predicted octanol–water partition coefficient (Wildman–Crippen LogP) is 3.41. The van der Waals surface area contributed by atoms with Crippen LogP contribution < -0.4 is 10.6 Å². The standard InChI is InChI=1S/C15H20N2O/c1-12(18)17-15-9-5-8-14(10-15)16-11-13-6-3-2-4-7-13/h2-3,5,8-10,13,16H,4,6-7,11H2,1H3,(H,17,18). The molecule has 0 heterocycles. The highest BCUT2D eigenvalue weighted by atomic mass is 16.1. The van der Waals surface area contributed by atoms with Crippen LogP contribution in [0.25, 0.3) is 0 Å². The number of allylic oxidation sites excluding steroid dienone is 2. The number of anilines is 2. The van der Waals surface area contributed by atoms with Crippen LogP contribution in [0.2, 0.25) is 0 Å². The van der Waals surface area contributed by atoms with Gasteiger partial charge in [-0.3, -0.25) is 4.79 Å². The van der Waals surface area contributed by atoms with Gasteiger partial charge in [-0.15, -0.1) is 0 Å². The summed E-state index contributed by atoms with van der Waals surface area (Å²) in [5.74, 6) is 0.684. The van der Waals surface area contributed by atoms with Crippen LogP contribution in [-0.2, 0) is 4.79 Å². The van der Waals surface area contributed by atoms with Crippen LogP contribution in [0.4, 0.5) is 11.4 Å². The van der Waals surface area contributed by atoms with Crippen molar-refractivity contribution in [1.29, 1.82) is 0 Å². The lowest BCUT2D eigenvalue weighted by Crippen LogP contribution is -2.15. The maximum atomic E-state index is 11.0. The van der Waals surface area contributed by atoms with E-state index in [4.69, 9.17) is 0 Å². The van der Waals surface area contributed by atoms with Gasteiger partial charge in [0.05, 0.1) is 0 Å². The summed E-state index contributed by atoms with van der Waals surface area (Å²) >= 11 is 0. The zero-order valence-corrected chi connectivity index (χ0v) is 10.8. The molecular weight excluding hydrogens is 224 g/mol. The molecule has 1 aromatic rings. The average molecular weight is 244 g/mol. The Bertz CT molecular complexity index is 440. The lowest BCUT2D eigenvalue weighted by molar-refractivity contribution is -0.114. The van der Waals surface area contributed by atoms with E-state index >= 15 is 0 Å². The van der Waals surface area contributed by atoms with Gasteiger partial charge >= 0.3 is 0 Å². The minimum atomic E-state index is -0.0374.